The molecule has 4 aliphatic carbocycles. The van der Waals surface area contributed by atoms with Gasteiger partial charge in [-0.15, -0.1) is 0 Å². The van der Waals surface area contributed by atoms with Crippen LogP contribution in [0.15, 0.2) is 18.2 Å². The van der Waals surface area contributed by atoms with E-state index in [0.717, 1.165) is 55.7 Å². The number of aliphatic hydroxyl groups is 1. The fourth-order valence-electron chi connectivity index (χ4n) is 12.6. The van der Waals surface area contributed by atoms with Gasteiger partial charge in [0.2, 0.25) is 17.7 Å². The Hall–Kier alpha value is -4.66. The van der Waals surface area contributed by atoms with Crippen molar-refractivity contribution in [2.75, 3.05) is 20.1 Å². The maximum atomic E-state index is 13.1. The van der Waals surface area contributed by atoms with Crippen molar-refractivity contribution in [1.29, 1.82) is 0 Å². The molecule has 10 N–H and O–H groups in total. The molecule has 12 atom stereocenters. The molecule has 0 radical (unpaired) electrons. The lowest BCUT2D eigenvalue weighted by atomic mass is 9.44. The number of nitro benzene ring substituents is 1. The van der Waals surface area contributed by atoms with E-state index in [1.165, 1.54) is 39.2 Å². The first-order valence-corrected chi connectivity index (χ1v) is 23.8. The first-order valence-electron chi connectivity index (χ1n) is 23.8. The van der Waals surface area contributed by atoms with Crippen molar-refractivity contribution in [2.24, 2.45) is 46.3 Å². The van der Waals surface area contributed by atoms with Crippen LogP contribution in [-0.2, 0) is 24.0 Å². The van der Waals surface area contributed by atoms with Crippen LogP contribution in [0.1, 0.15) is 134 Å². The van der Waals surface area contributed by atoms with Crippen LogP contribution < -0.4 is 32.0 Å². The van der Waals surface area contributed by atoms with Crippen molar-refractivity contribution >= 4 is 53.8 Å². The molecule has 366 valence electrons. The van der Waals surface area contributed by atoms with Crippen LogP contribution in [0.3, 0.4) is 0 Å². The summed E-state index contributed by atoms with van der Waals surface area (Å²) in [6, 6.07) is -0.886. The third-order valence-electron chi connectivity index (χ3n) is 16.2. The number of aliphatic carboxylic acids is 2. The number of amides is 4. The average Bonchev–Trinajstić information content (AvgIpc) is 3.63. The van der Waals surface area contributed by atoms with E-state index in [9.17, 15) is 64.2 Å². The molecule has 0 saturated heterocycles. The molecule has 0 spiro atoms. The van der Waals surface area contributed by atoms with Crippen molar-refractivity contribution in [1.82, 2.24) is 26.6 Å². The Morgan fingerprint density at radius 3 is 2.15 bits per heavy atom. The summed E-state index contributed by atoms with van der Waals surface area (Å²) in [5.74, 6) is -1.50. The zero-order chi connectivity index (χ0) is 48.5. The Kier molecular flexibility index (Phi) is 18.1. The number of hydrogen-bond donors (Lipinski definition) is 10. The Bertz CT molecular complexity index is 1940. The van der Waals surface area contributed by atoms with Crippen LogP contribution in [0.4, 0.5) is 5.69 Å². The van der Waals surface area contributed by atoms with Crippen molar-refractivity contribution in [2.45, 2.75) is 148 Å². The Balaban J connectivity index is 0.986. The van der Waals surface area contributed by atoms with Gasteiger partial charge in [0.05, 0.1) is 17.1 Å². The topological polar surface area (TPSA) is 307 Å². The molecule has 4 fully saturated rings. The Labute approximate surface area is 386 Å². The molecule has 0 bridgehead atoms. The molecule has 4 amide bonds. The number of carbonyl (C=O) groups is 6. The van der Waals surface area contributed by atoms with Gasteiger partial charge in [0.15, 0.2) is 0 Å². The molecule has 1 aromatic rings. The maximum absolute atomic E-state index is 13.1. The van der Waals surface area contributed by atoms with E-state index in [4.69, 9.17) is 0 Å². The molecule has 4 aliphatic rings. The molecule has 0 aromatic heterocycles. The zero-order valence-corrected chi connectivity index (χ0v) is 38.8. The molecule has 66 heavy (non-hydrogen) atoms. The third-order valence-corrected chi connectivity index (χ3v) is 16.2. The molecule has 0 aliphatic heterocycles. The number of fused-ring (bicyclic) bond motifs is 5. The fourth-order valence-corrected chi connectivity index (χ4v) is 12.6. The predicted octanol–water partition coefficient (Wildman–Crippen LogP) is 2.23. The van der Waals surface area contributed by atoms with E-state index in [1.807, 2.05) is 0 Å². The van der Waals surface area contributed by atoms with Gasteiger partial charge in [-0.2, -0.15) is 0 Å². The van der Waals surface area contributed by atoms with Gasteiger partial charge in [-0.25, -0.2) is 9.59 Å². The molecule has 0 heterocycles. The number of carbonyl (C=O) groups excluding carboxylic acids is 4. The number of nitro groups is 1. The number of nitrogens with one attached hydrogen (secondary N) is 5. The number of hydrogen-bond acceptors (Lipinski definition) is 12. The summed E-state index contributed by atoms with van der Waals surface area (Å²) < 4.78 is 0. The zero-order valence-electron chi connectivity index (χ0n) is 38.8. The van der Waals surface area contributed by atoms with E-state index in [-0.39, 0.29) is 60.7 Å². The van der Waals surface area contributed by atoms with E-state index in [0.29, 0.717) is 48.3 Å². The highest BCUT2D eigenvalue weighted by Crippen LogP contribution is 2.68. The summed E-state index contributed by atoms with van der Waals surface area (Å²) in [5.41, 5.74) is -0.694. The number of nitrogens with zero attached hydrogens (tertiary/aromatic N) is 1. The lowest BCUT2D eigenvalue weighted by Crippen LogP contribution is -2.54. The third kappa shape index (κ3) is 12.7. The lowest BCUT2D eigenvalue weighted by Gasteiger charge is -2.61. The van der Waals surface area contributed by atoms with E-state index in [1.54, 1.807) is 0 Å². The number of rotatable bonds is 23. The Morgan fingerprint density at radius 1 is 0.803 bits per heavy atom. The second kappa shape index (κ2) is 22.9. The molecule has 19 nitrogen and oxygen atoms in total. The van der Waals surface area contributed by atoms with Crippen LogP contribution in [0, 0.1) is 56.5 Å². The van der Waals surface area contributed by atoms with Crippen molar-refractivity contribution in [3.8, 4) is 0 Å². The van der Waals surface area contributed by atoms with Crippen LogP contribution >= 0.6 is 0 Å². The monoisotopic (exact) mass is 927 g/mol. The average molecular weight is 927 g/mol. The first kappa shape index (κ1) is 52.3. The highest BCUT2D eigenvalue weighted by Gasteiger charge is 2.60. The second-order valence-electron chi connectivity index (χ2n) is 20.1. The van der Waals surface area contributed by atoms with E-state index in [2.05, 4.69) is 47.4 Å². The molecule has 1 aromatic carbocycles. The highest BCUT2D eigenvalue weighted by atomic mass is 16.6. The van der Waals surface area contributed by atoms with Gasteiger partial charge >= 0.3 is 19.1 Å². The highest BCUT2D eigenvalue weighted by molar-refractivity contribution is 6.58. The molecule has 5 rings (SSSR count). The van der Waals surface area contributed by atoms with Crippen LogP contribution in [0.2, 0.25) is 0 Å². The van der Waals surface area contributed by atoms with E-state index >= 15 is 0 Å². The number of aliphatic hydroxyl groups excluding tert-OH is 1. The van der Waals surface area contributed by atoms with Gasteiger partial charge in [0.1, 0.15) is 12.1 Å². The maximum Gasteiger partial charge on any atom is 0.488 e. The smallest absolute Gasteiger partial charge is 0.480 e. The summed E-state index contributed by atoms with van der Waals surface area (Å²) in [6.07, 6.45) is 11.9. The second-order valence-corrected chi connectivity index (χ2v) is 20.1. The Morgan fingerprint density at radius 2 is 1.48 bits per heavy atom. The first-order chi connectivity index (χ1) is 31.2. The number of unbranched alkanes of at least 4 members (excludes halogenated alkanes) is 1. The summed E-state index contributed by atoms with van der Waals surface area (Å²) >= 11 is 0. The molecular weight excluding hydrogens is 855 g/mol. The predicted molar refractivity (Wildman–Crippen MR) is 243 cm³/mol. The van der Waals surface area contributed by atoms with Crippen molar-refractivity contribution in [3.05, 3.63) is 33.9 Å². The lowest BCUT2D eigenvalue weighted by molar-refractivity contribution is -0.384. The van der Waals surface area contributed by atoms with Crippen LogP contribution in [-0.4, -0.2) is 117 Å². The van der Waals surface area contributed by atoms with E-state index < -0.39 is 72.1 Å². The summed E-state index contributed by atoms with van der Waals surface area (Å²) in [4.78, 5) is 85.8. The number of non-ortho nitro benzene ring substituents is 1. The van der Waals surface area contributed by atoms with Gasteiger partial charge in [-0.3, -0.25) is 29.3 Å². The van der Waals surface area contributed by atoms with Crippen molar-refractivity contribution < 1.29 is 59.1 Å². The van der Waals surface area contributed by atoms with Crippen LogP contribution in [0.5, 0.6) is 0 Å². The minimum Gasteiger partial charge on any atom is -0.480 e. The van der Waals surface area contributed by atoms with Crippen LogP contribution in [0.25, 0.3) is 0 Å². The van der Waals surface area contributed by atoms with Gasteiger partial charge < -0.3 is 52.0 Å². The van der Waals surface area contributed by atoms with Crippen molar-refractivity contribution in [3.63, 3.8) is 0 Å². The van der Waals surface area contributed by atoms with Gasteiger partial charge in [-0.1, -0.05) is 20.8 Å². The van der Waals surface area contributed by atoms with Gasteiger partial charge in [0, 0.05) is 43.6 Å². The molecule has 20 heteroatoms. The molecule has 4 saturated carbocycles. The summed E-state index contributed by atoms with van der Waals surface area (Å²) in [6.45, 7) is 6.85. The minimum atomic E-state index is -2.10. The number of carboxylic acids is 2. The normalized spacial score (nSPS) is 28.5. The summed E-state index contributed by atoms with van der Waals surface area (Å²) in [5, 5.41) is 72.8. The SMILES string of the molecule is CNC(CCCCNC(=O)CCC(NC(=O)CCC(C)C1CCC2C3CCC4CC(O)CC[C@@]4(C)C3CC[C@@]12C)C(=O)O)C(=O)NC(CNC(=O)c1cc(B(O)O)cc([N+](=O)[O-])c1)C(=O)O. The van der Waals surface area contributed by atoms with Gasteiger partial charge in [0.25, 0.3) is 11.6 Å². The largest absolute Gasteiger partial charge is 0.488 e. The summed E-state index contributed by atoms with van der Waals surface area (Å²) in [7, 11) is -0.602. The van der Waals surface area contributed by atoms with Gasteiger partial charge in [-0.05, 0) is 155 Å². The molecule has 10 unspecified atom stereocenters. The quantitative estimate of drug-likeness (QED) is 0.0326. The standard InChI is InChI=1S/C46H71BN6O13/c1-26(33-11-12-34-32-10-9-28-23-31(54)16-18-45(28,2)35(32)17-19-46(33,34)3)8-14-40(56)51-37(43(59)60)13-15-39(55)49-20-6-5-7-36(48-4)42(58)52-38(44(61)62)25-50-41(57)27-21-29(47(63)64)24-30(22-27)53(65)66/h21-22,24,26,28,31-38,48,54,63-64H,5-20,23,25H2,1-4H3,(H,49,55)(H,50,57)(H,51,56)(H,52,58)(H,59,60)(H,61,62)/t26?,28?,31?,32?,33?,34?,35?,36?,37?,38?,45-,46+/m1/s1. The minimum absolute atomic E-state index is 0.0859. The number of carboxylic acid groups (broad SMARTS) is 2. The number of benzene rings is 1. The fraction of sp³-hybridized carbons (Fsp3) is 0.739. The number of likely N-dealkylation sites (N-methyl/N-ethyl adjacent to an activating group) is 1. The molecular formula is C46H71BN6O13.